The zero-order valence-corrected chi connectivity index (χ0v) is 28.4. The van der Waals surface area contributed by atoms with Crippen LogP contribution < -0.4 is 0 Å². The van der Waals surface area contributed by atoms with E-state index in [1.165, 1.54) is 11.1 Å². The van der Waals surface area contributed by atoms with Gasteiger partial charge in [0.15, 0.2) is 11.2 Å². The van der Waals surface area contributed by atoms with Gasteiger partial charge in [0.2, 0.25) is 0 Å². The standard InChI is InChI=1S/C49H28N2O2/c50-29-36-24-35(34-18-21-38-37-14-7-8-17-46(37)52-47(38)28-34)27-42-39-15-9-16-45(49(39)53-48(36)42)51-43-22-19-32(30-10-3-1-4-11-30)25-40(43)41-26-33(20-23-44(41)51)31-12-5-2-6-13-31/h1-28H. The van der Waals surface area contributed by atoms with Gasteiger partial charge in [0.05, 0.1) is 22.3 Å². The van der Waals surface area contributed by atoms with E-state index < -0.39 is 0 Å². The van der Waals surface area contributed by atoms with Crippen molar-refractivity contribution in [3.05, 3.63) is 175 Å². The predicted molar refractivity (Wildman–Crippen MR) is 216 cm³/mol. The molecule has 0 unspecified atom stereocenters. The van der Waals surface area contributed by atoms with Gasteiger partial charge in [-0.3, -0.25) is 0 Å². The lowest BCUT2D eigenvalue weighted by Crippen LogP contribution is -1.94. The number of hydrogen-bond donors (Lipinski definition) is 0. The van der Waals surface area contributed by atoms with Gasteiger partial charge >= 0.3 is 0 Å². The normalized spacial score (nSPS) is 11.8. The third kappa shape index (κ3) is 4.48. The molecule has 53 heavy (non-hydrogen) atoms. The highest BCUT2D eigenvalue weighted by molar-refractivity contribution is 6.15. The van der Waals surface area contributed by atoms with Crippen molar-refractivity contribution in [2.24, 2.45) is 0 Å². The molecule has 4 nitrogen and oxygen atoms in total. The van der Waals surface area contributed by atoms with Crippen LogP contribution in [-0.2, 0) is 0 Å². The first kappa shape index (κ1) is 29.4. The molecule has 0 bridgehead atoms. The lowest BCUT2D eigenvalue weighted by atomic mass is 9.98. The molecule has 0 fully saturated rings. The van der Waals surface area contributed by atoms with Crippen molar-refractivity contribution in [1.29, 1.82) is 5.26 Å². The highest BCUT2D eigenvalue weighted by Crippen LogP contribution is 2.42. The van der Waals surface area contributed by atoms with Gasteiger partial charge in [-0.05, 0) is 94.0 Å². The molecule has 0 aliphatic heterocycles. The molecule has 4 heteroatoms. The average molecular weight is 677 g/mol. The molecule has 0 saturated heterocycles. The molecule has 0 saturated carbocycles. The third-order valence-corrected chi connectivity index (χ3v) is 10.6. The average Bonchev–Trinajstić information content (AvgIpc) is 3.90. The van der Waals surface area contributed by atoms with E-state index in [9.17, 15) is 5.26 Å². The molecule has 0 aliphatic carbocycles. The number of nitrogens with zero attached hydrogens (tertiary/aromatic N) is 2. The maximum atomic E-state index is 10.4. The van der Waals surface area contributed by atoms with Crippen LogP contribution in [-0.4, -0.2) is 4.57 Å². The molecule has 11 aromatic rings. The van der Waals surface area contributed by atoms with E-state index in [1.54, 1.807) is 0 Å². The zero-order chi connectivity index (χ0) is 35.0. The van der Waals surface area contributed by atoms with Gasteiger partial charge in [0.1, 0.15) is 17.2 Å². The second-order valence-corrected chi connectivity index (χ2v) is 13.6. The molecule has 0 radical (unpaired) electrons. The summed E-state index contributed by atoms with van der Waals surface area (Å²) in [5, 5.41) is 16.8. The van der Waals surface area contributed by atoms with Crippen molar-refractivity contribution in [2.45, 2.75) is 0 Å². The number of fused-ring (bicyclic) bond motifs is 9. The lowest BCUT2D eigenvalue weighted by molar-refractivity contribution is 0.665. The van der Waals surface area contributed by atoms with E-state index >= 15 is 0 Å². The fourth-order valence-corrected chi connectivity index (χ4v) is 8.12. The molecular weight excluding hydrogens is 649 g/mol. The fraction of sp³-hybridized carbons (Fsp3) is 0. The molecule has 0 N–H and O–H groups in total. The predicted octanol–water partition coefficient (Wildman–Crippen LogP) is 13.5. The van der Waals surface area contributed by atoms with E-state index in [0.29, 0.717) is 11.1 Å². The quantitative estimate of drug-likeness (QED) is 0.186. The number of para-hydroxylation sites is 2. The Kier molecular flexibility index (Phi) is 6.28. The minimum Gasteiger partial charge on any atom is -0.456 e. The van der Waals surface area contributed by atoms with E-state index in [-0.39, 0.29) is 0 Å². The molecule has 0 spiro atoms. The molecular formula is C49H28N2O2. The highest BCUT2D eigenvalue weighted by Gasteiger charge is 2.21. The van der Waals surface area contributed by atoms with Crippen LogP contribution in [0.5, 0.6) is 0 Å². The summed E-state index contributed by atoms with van der Waals surface area (Å²) >= 11 is 0. The van der Waals surface area contributed by atoms with Crippen LogP contribution in [0.15, 0.2) is 179 Å². The summed E-state index contributed by atoms with van der Waals surface area (Å²) in [6, 6.07) is 61.6. The van der Waals surface area contributed by atoms with Gasteiger partial charge in [0, 0.05) is 32.3 Å². The Hall–Kier alpha value is -7.35. The summed E-state index contributed by atoms with van der Waals surface area (Å²) in [5.74, 6) is 0. The maximum absolute atomic E-state index is 10.4. The summed E-state index contributed by atoms with van der Waals surface area (Å²) in [6.07, 6.45) is 0. The second kappa shape index (κ2) is 11.3. The van der Waals surface area contributed by atoms with Gasteiger partial charge < -0.3 is 13.4 Å². The summed E-state index contributed by atoms with van der Waals surface area (Å²) in [7, 11) is 0. The van der Waals surface area contributed by atoms with Crippen LogP contribution in [0.1, 0.15) is 5.56 Å². The monoisotopic (exact) mass is 676 g/mol. The summed E-state index contributed by atoms with van der Waals surface area (Å²) in [4.78, 5) is 0. The molecule has 3 aromatic heterocycles. The number of aromatic nitrogens is 1. The van der Waals surface area contributed by atoms with Gasteiger partial charge in [-0.15, -0.1) is 0 Å². The van der Waals surface area contributed by atoms with Gasteiger partial charge in [-0.2, -0.15) is 5.26 Å². The van der Waals surface area contributed by atoms with Crippen LogP contribution in [0.25, 0.3) is 105 Å². The zero-order valence-electron chi connectivity index (χ0n) is 28.4. The minimum absolute atomic E-state index is 0.492. The van der Waals surface area contributed by atoms with Gasteiger partial charge in [-0.25, -0.2) is 0 Å². The molecule has 246 valence electrons. The summed E-state index contributed by atoms with van der Waals surface area (Å²) in [6.45, 7) is 0. The van der Waals surface area contributed by atoms with Crippen molar-refractivity contribution in [3.8, 4) is 45.1 Å². The van der Waals surface area contributed by atoms with Crippen LogP contribution in [0.3, 0.4) is 0 Å². The van der Waals surface area contributed by atoms with E-state index in [4.69, 9.17) is 8.83 Å². The maximum Gasteiger partial charge on any atom is 0.159 e. The van der Waals surface area contributed by atoms with Crippen LogP contribution in [0.2, 0.25) is 0 Å². The number of furan rings is 2. The Bertz CT molecular complexity index is 3190. The SMILES string of the molecule is N#Cc1cc(-c2ccc3c(c2)oc2ccccc23)cc2c1oc1c(-n3c4ccc(-c5ccccc5)cc4c4cc(-c5ccccc5)ccc43)cccc12. The first-order chi connectivity index (χ1) is 26.2. The Morgan fingerprint density at radius 1 is 0.377 bits per heavy atom. The van der Waals surface area contributed by atoms with Crippen LogP contribution >= 0.6 is 0 Å². The van der Waals surface area contributed by atoms with Crippen molar-refractivity contribution in [2.75, 3.05) is 0 Å². The topological polar surface area (TPSA) is 55.0 Å². The summed E-state index contributed by atoms with van der Waals surface area (Å²) < 4.78 is 15.3. The highest BCUT2D eigenvalue weighted by atomic mass is 16.3. The number of nitriles is 1. The Morgan fingerprint density at radius 2 is 0.962 bits per heavy atom. The minimum atomic E-state index is 0.492. The fourth-order valence-electron chi connectivity index (χ4n) is 8.12. The number of rotatable bonds is 4. The lowest BCUT2D eigenvalue weighted by Gasteiger charge is -2.09. The molecule has 11 rings (SSSR count). The molecule has 0 atom stereocenters. The van der Waals surface area contributed by atoms with Gasteiger partial charge in [0.25, 0.3) is 0 Å². The van der Waals surface area contributed by atoms with E-state index in [1.807, 2.05) is 36.4 Å². The first-order valence-corrected chi connectivity index (χ1v) is 17.7. The Morgan fingerprint density at radius 3 is 1.66 bits per heavy atom. The first-order valence-electron chi connectivity index (χ1n) is 17.7. The smallest absolute Gasteiger partial charge is 0.159 e. The Labute approximate surface area is 304 Å². The Balaban J connectivity index is 1.14. The molecule has 0 aliphatic rings. The van der Waals surface area contributed by atoms with E-state index in [2.05, 4.69) is 144 Å². The summed E-state index contributed by atoms with van der Waals surface area (Å²) in [5.41, 5.74) is 13.2. The van der Waals surface area contributed by atoms with Crippen LogP contribution in [0, 0.1) is 11.3 Å². The molecule has 8 aromatic carbocycles. The number of benzene rings is 8. The van der Waals surface area contributed by atoms with Crippen LogP contribution in [0.4, 0.5) is 0 Å². The number of hydrogen-bond acceptors (Lipinski definition) is 3. The largest absolute Gasteiger partial charge is 0.456 e. The van der Waals surface area contributed by atoms with Gasteiger partial charge in [-0.1, -0.05) is 109 Å². The van der Waals surface area contributed by atoms with Crippen molar-refractivity contribution in [3.63, 3.8) is 0 Å². The second-order valence-electron chi connectivity index (χ2n) is 13.6. The van der Waals surface area contributed by atoms with Crippen molar-refractivity contribution in [1.82, 2.24) is 4.57 Å². The van der Waals surface area contributed by atoms with Crippen molar-refractivity contribution < 1.29 is 8.83 Å². The van der Waals surface area contributed by atoms with Crippen molar-refractivity contribution >= 4 is 65.7 Å². The van der Waals surface area contributed by atoms with E-state index in [0.717, 1.165) is 88.0 Å². The molecule has 0 amide bonds. The molecule has 3 heterocycles. The third-order valence-electron chi connectivity index (χ3n) is 10.6.